The third kappa shape index (κ3) is 3.77. The molecule has 1 rings (SSSR count). The van der Waals surface area contributed by atoms with Crippen LogP contribution < -0.4 is 0 Å². The van der Waals surface area contributed by atoms with Crippen LogP contribution in [0.1, 0.15) is 19.7 Å². The Morgan fingerprint density at radius 3 is 2.62 bits per heavy atom. The molecule has 0 amide bonds. The smallest absolute Gasteiger partial charge is 0.280 e. The van der Waals surface area contributed by atoms with E-state index >= 15 is 0 Å². The van der Waals surface area contributed by atoms with Crippen LogP contribution in [0.4, 0.5) is 0 Å². The molecule has 0 fully saturated rings. The van der Waals surface area contributed by atoms with Crippen LogP contribution in [0.2, 0.25) is 0 Å². The second-order valence-corrected chi connectivity index (χ2v) is 6.19. The molecule has 0 aliphatic rings. The third-order valence-electron chi connectivity index (χ3n) is 1.99. The van der Waals surface area contributed by atoms with Crippen LogP contribution in [-0.2, 0) is 20.3 Å². The summed E-state index contributed by atoms with van der Waals surface area (Å²) in [7, 11) is 1.45. The average molecular weight is 267 g/mol. The second kappa shape index (κ2) is 5.16. The Labute approximate surface area is 99.8 Å². The minimum atomic E-state index is -3.75. The lowest BCUT2D eigenvalue weighted by Gasteiger charge is -2.08. The van der Waals surface area contributed by atoms with Crippen LogP contribution in [0.5, 0.6) is 0 Å². The van der Waals surface area contributed by atoms with Gasteiger partial charge in [0.2, 0.25) is 0 Å². The Bertz CT molecular complexity index is 453. The maximum absolute atomic E-state index is 11.0. The first kappa shape index (κ1) is 13.5. The predicted octanol–water partition coefficient (Wildman–Crippen LogP) is 1.54. The van der Waals surface area contributed by atoms with Crippen LogP contribution in [-0.4, -0.2) is 30.7 Å². The molecule has 1 heterocycles. The van der Waals surface area contributed by atoms with Crippen molar-refractivity contribution in [1.82, 2.24) is 9.55 Å². The van der Waals surface area contributed by atoms with Crippen LogP contribution in [0.3, 0.4) is 0 Å². The van der Waals surface area contributed by atoms with E-state index in [0.717, 1.165) is 0 Å². The van der Waals surface area contributed by atoms with E-state index in [1.54, 1.807) is 11.5 Å². The van der Waals surface area contributed by atoms with Gasteiger partial charge in [-0.25, -0.2) is 13.4 Å². The molecule has 0 saturated carbocycles. The number of halogens is 1. The zero-order valence-electron chi connectivity index (χ0n) is 9.47. The monoisotopic (exact) mass is 266 g/mol. The number of hydrogen-bond acceptors (Lipinski definition) is 4. The van der Waals surface area contributed by atoms with Crippen LogP contribution in [0.15, 0.2) is 11.2 Å². The number of imidazole rings is 1. The van der Waals surface area contributed by atoms with Gasteiger partial charge >= 0.3 is 0 Å². The van der Waals surface area contributed by atoms with E-state index in [1.807, 2.05) is 13.8 Å². The van der Waals surface area contributed by atoms with Crippen molar-refractivity contribution in [3.05, 3.63) is 12.0 Å². The summed E-state index contributed by atoms with van der Waals surface area (Å²) in [5.41, 5.74) is 0. The number of nitrogens with zero attached hydrogens (tertiary/aromatic N) is 2. The van der Waals surface area contributed by atoms with Gasteiger partial charge in [0.25, 0.3) is 9.05 Å². The highest BCUT2D eigenvalue weighted by atomic mass is 35.7. The highest BCUT2D eigenvalue weighted by Crippen LogP contribution is 2.13. The maximum Gasteiger partial charge on any atom is 0.280 e. The second-order valence-electron chi connectivity index (χ2n) is 3.68. The van der Waals surface area contributed by atoms with Crippen molar-refractivity contribution in [2.24, 2.45) is 0 Å². The third-order valence-corrected chi connectivity index (χ3v) is 3.16. The summed E-state index contributed by atoms with van der Waals surface area (Å²) in [5.74, 6) is 0.603. The van der Waals surface area contributed by atoms with E-state index < -0.39 is 9.05 Å². The molecule has 0 aliphatic carbocycles. The number of aryl methyl sites for hydroxylation is 1. The summed E-state index contributed by atoms with van der Waals surface area (Å²) in [6.45, 7) is 6.67. The van der Waals surface area contributed by atoms with Gasteiger partial charge < -0.3 is 9.30 Å². The van der Waals surface area contributed by atoms with Gasteiger partial charge in [-0.2, -0.15) is 0 Å². The molecule has 0 N–H and O–H groups in total. The van der Waals surface area contributed by atoms with Gasteiger partial charge in [-0.15, -0.1) is 0 Å². The lowest BCUT2D eigenvalue weighted by molar-refractivity contribution is 0.0724. The topological polar surface area (TPSA) is 61.2 Å². The number of ether oxygens (including phenoxy) is 1. The van der Waals surface area contributed by atoms with Crippen LogP contribution in [0.25, 0.3) is 0 Å². The molecular formula is C9H15ClN2O3S. The zero-order valence-corrected chi connectivity index (χ0v) is 11.0. The summed E-state index contributed by atoms with van der Waals surface area (Å²) in [5, 5.41) is -0.115. The molecule has 0 atom stereocenters. The Balaban J connectivity index is 2.72. The van der Waals surface area contributed by atoms with Gasteiger partial charge in [0.05, 0.1) is 12.7 Å². The van der Waals surface area contributed by atoms with E-state index in [0.29, 0.717) is 19.0 Å². The molecule has 0 unspecified atom stereocenters. The van der Waals surface area contributed by atoms with E-state index in [4.69, 9.17) is 15.4 Å². The van der Waals surface area contributed by atoms with Crippen LogP contribution >= 0.6 is 10.7 Å². The van der Waals surface area contributed by atoms with Crippen molar-refractivity contribution in [2.75, 3.05) is 6.61 Å². The molecule has 0 aliphatic heterocycles. The minimum Gasteiger partial charge on any atom is -0.377 e. The standard InChI is InChI=1S/C9H15ClN2O3S/c1-7(2)15-5-4-12-6-9(11-8(12)3)16(10,13)14/h6-7H,4-5H2,1-3H3. The molecule has 0 radical (unpaired) electrons. The Kier molecular flexibility index (Phi) is 4.35. The van der Waals surface area contributed by atoms with Gasteiger partial charge in [0.1, 0.15) is 5.82 Å². The fourth-order valence-corrected chi connectivity index (χ4v) is 1.93. The Morgan fingerprint density at radius 2 is 2.19 bits per heavy atom. The average Bonchev–Trinajstić information content (AvgIpc) is 2.46. The molecule has 0 aromatic carbocycles. The molecule has 92 valence electrons. The summed E-state index contributed by atoms with van der Waals surface area (Å²) >= 11 is 0. The normalized spacial score (nSPS) is 12.3. The number of aromatic nitrogens is 2. The van der Waals surface area contributed by atoms with E-state index in [9.17, 15) is 8.42 Å². The highest BCUT2D eigenvalue weighted by Gasteiger charge is 2.15. The van der Waals surface area contributed by atoms with Crippen molar-refractivity contribution in [2.45, 2.75) is 38.4 Å². The molecule has 1 aromatic heterocycles. The molecular weight excluding hydrogens is 252 g/mol. The quantitative estimate of drug-likeness (QED) is 0.759. The predicted molar refractivity (Wildman–Crippen MR) is 61.1 cm³/mol. The molecule has 0 saturated heterocycles. The number of hydrogen-bond donors (Lipinski definition) is 0. The van der Waals surface area contributed by atoms with Crippen molar-refractivity contribution in [3.63, 3.8) is 0 Å². The summed E-state index contributed by atoms with van der Waals surface area (Å²) < 4.78 is 29.1. The van der Waals surface area contributed by atoms with Gasteiger partial charge in [-0.05, 0) is 20.8 Å². The lowest BCUT2D eigenvalue weighted by atomic mass is 10.5. The molecule has 0 bridgehead atoms. The fourth-order valence-electron chi connectivity index (χ4n) is 1.21. The van der Waals surface area contributed by atoms with Gasteiger partial charge in [-0.3, -0.25) is 0 Å². The largest absolute Gasteiger partial charge is 0.377 e. The van der Waals surface area contributed by atoms with Crippen molar-refractivity contribution >= 4 is 19.7 Å². The van der Waals surface area contributed by atoms with Gasteiger partial charge in [0, 0.05) is 23.4 Å². The van der Waals surface area contributed by atoms with Crippen molar-refractivity contribution < 1.29 is 13.2 Å². The lowest BCUT2D eigenvalue weighted by Crippen LogP contribution is -2.10. The number of rotatable bonds is 5. The van der Waals surface area contributed by atoms with Crippen molar-refractivity contribution in [1.29, 1.82) is 0 Å². The first-order chi connectivity index (χ1) is 7.30. The molecule has 5 nitrogen and oxygen atoms in total. The summed E-state index contributed by atoms with van der Waals surface area (Å²) in [6.07, 6.45) is 1.57. The van der Waals surface area contributed by atoms with E-state index in [1.165, 1.54) is 6.20 Å². The maximum atomic E-state index is 11.0. The van der Waals surface area contributed by atoms with E-state index in [2.05, 4.69) is 4.98 Å². The zero-order chi connectivity index (χ0) is 12.3. The van der Waals surface area contributed by atoms with Crippen LogP contribution in [0, 0.1) is 6.92 Å². The molecule has 1 aromatic rings. The van der Waals surface area contributed by atoms with Gasteiger partial charge in [-0.1, -0.05) is 0 Å². The first-order valence-corrected chi connectivity index (χ1v) is 7.21. The van der Waals surface area contributed by atoms with Crippen molar-refractivity contribution in [3.8, 4) is 0 Å². The van der Waals surface area contributed by atoms with E-state index in [-0.39, 0.29) is 11.1 Å². The Morgan fingerprint density at radius 1 is 1.56 bits per heavy atom. The SMILES string of the molecule is Cc1nc(S(=O)(=O)Cl)cn1CCOC(C)C. The summed E-state index contributed by atoms with van der Waals surface area (Å²) in [4.78, 5) is 3.87. The first-order valence-electron chi connectivity index (χ1n) is 4.90. The minimum absolute atomic E-state index is 0.115. The highest BCUT2D eigenvalue weighted by molar-refractivity contribution is 8.13. The Hall–Kier alpha value is -0.590. The summed E-state index contributed by atoms with van der Waals surface area (Å²) in [6, 6.07) is 0. The van der Waals surface area contributed by atoms with Gasteiger partial charge in [0.15, 0.2) is 5.03 Å². The molecule has 0 spiro atoms. The fraction of sp³-hybridized carbons (Fsp3) is 0.667. The molecule has 7 heteroatoms. The molecule has 16 heavy (non-hydrogen) atoms.